The van der Waals surface area contributed by atoms with Crippen molar-refractivity contribution in [2.24, 2.45) is 12.8 Å². The highest BCUT2D eigenvalue weighted by Gasteiger charge is 2.13. The normalized spacial score (nSPS) is 12.5. The summed E-state index contributed by atoms with van der Waals surface area (Å²) in [6.07, 6.45) is 3.03. The SMILES string of the molecule is COC(=O)C(N)CCc1ccnn1C. The molecule has 14 heavy (non-hydrogen) atoms. The Balaban J connectivity index is 2.41. The quantitative estimate of drug-likeness (QED) is 0.682. The van der Waals surface area contributed by atoms with E-state index in [0.717, 1.165) is 12.1 Å². The predicted molar refractivity (Wildman–Crippen MR) is 51.5 cm³/mol. The van der Waals surface area contributed by atoms with Gasteiger partial charge in [-0.25, -0.2) is 0 Å². The first-order chi connectivity index (χ1) is 6.65. The Morgan fingerprint density at radius 3 is 3.00 bits per heavy atom. The molecule has 5 nitrogen and oxygen atoms in total. The van der Waals surface area contributed by atoms with Crippen LogP contribution in [0.5, 0.6) is 0 Å². The molecule has 2 N–H and O–H groups in total. The van der Waals surface area contributed by atoms with Gasteiger partial charge in [0, 0.05) is 18.9 Å². The molecule has 0 saturated carbocycles. The van der Waals surface area contributed by atoms with Gasteiger partial charge < -0.3 is 10.5 Å². The lowest BCUT2D eigenvalue weighted by atomic mass is 10.1. The van der Waals surface area contributed by atoms with Crippen LogP contribution in [0.4, 0.5) is 0 Å². The van der Waals surface area contributed by atoms with Gasteiger partial charge in [0.2, 0.25) is 0 Å². The van der Waals surface area contributed by atoms with Crippen molar-refractivity contribution >= 4 is 5.97 Å². The van der Waals surface area contributed by atoms with Crippen molar-refractivity contribution in [3.63, 3.8) is 0 Å². The van der Waals surface area contributed by atoms with Gasteiger partial charge in [0.1, 0.15) is 6.04 Å². The summed E-state index contributed by atoms with van der Waals surface area (Å²) < 4.78 is 6.29. The monoisotopic (exact) mass is 197 g/mol. The molecule has 0 radical (unpaired) electrons. The average molecular weight is 197 g/mol. The Hall–Kier alpha value is -1.36. The van der Waals surface area contributed by atoms with Gasteiger partial charge in [-0.05, 0) is 18.9 Å². The number of hydrogen-bond donors (Lipinski definition) is 1. The first kappa shape index (κ1) is 10.7. The molecule has 0 aliphatic rings. The number of methoxy groups -OCH3 is 1. The molecule has 0 amide bonds. The molecule has 0 fully saturated rings. The van der Waals surface area contributed by atoms with Crippen LogP contribution < -0.4 is 5.73 Å². The summed E-state index contributed by atoms with van der Waals surface area (Å²) in [5, 5.41) is 4.02. The number of carbonyl (C=O) groups excluding carboxylic acids is 1. The molecule has 1 atom stereocenters. The van der Waals surface area contributed by atoms with Crippen LogP contribution in [0.1, 0.15) is 12.1 Å². The van der Waals surface area contributed by atoms with E-state index in [1.54, 1.807) is 10.9 Å². The largest absolute Gasteiger partial charge is 0.468 e. The lowest BCUT2D eigenvalue weighted by Crippen LogP contribution is -2.32. The summed E-state index contributed by atoms with van der Waals surface area (Å²) >= 11 is 0. The van der Waals surface area contributed by atoms with Crippen LogP contribution >= 0.6 is 0 Å². The molecule has 0 aliphatic carbocycles. The molecule has 0 saturated heterocycles. The topological polar surface area (TPSA) is 70.1 Å². The highest BCUT2D eigenvalue weighted by atomic mass is 16.5. The number of nitrogens with zero attached hydrogens (tertiary/aromatic N) is 2. The zero-order valence-electron chi connectivity index (χ0n) is 8.43. The fourth-order valence-electron chi connectivity index (χ4n) is 1.22. The summed E-state index contributed by atoms with van der Waals surface area (Å²) in [5.74, 6) is -0.368. The fraction of sp³-hybridized carbons (Fsp3) is 0.556. The van der Waals surface area contributed by atoms with Crippen molar-refractivity contribution in [1.29, 1.82) is 0 Å². The van der Waals surface area contributed by atoms with Crippen LogP contribution in [-0.4, -0.2) is 28.9 Å². The molecule has 5 heteroatoms. The van der Waals surface area contributed by atoms with Gasteiger partial charge >= 0.3 is 5.97 Å². The zero-order valence-corrected chi connectivity index (χ0v) is 8.43. The molecule has 1 aromatic rings. The van der Waals surface area contributed by atoms with Crippen LogP contribution in [0.25, 0.3) is 0 Å². The Kier molecular flexibility index (Phi) is 3.64. The standard InChI is InChI=1S/C9H15N3O2/c1-12-7(5-6-11-12)3-4-8(10)9(13)14-2/h5-6,8H,3-4,10H2,1-2H3. The molecule has 1 heterocycles. The lowest BCUT2D eigenvalue weighted by molar-refractivity contribution is -0.142. The number of carbonyl (C=O) groups is 1. The van der Waals surface area contributed by atoms with E-state index < -0.39 is 6.04 Å². The highest BCUT2D eigenvalue weighted by molar-refractivity contribution is 5.75. The van der Waals surface area contributed by atoms with Crippen molar-refractivity contribution in [2.45, 2.75) is 18.9 Å². The maximum absolute atomic E-state index is 11.0. The predicted octanol–water partition coefficient (Wildman–Crippen LogP) is -0.147. The van der Waals surface area contributed by atoms with Crippen molar-refractivity contribution in [3.05, 3.63) is 18.0 Å². The second kappa shape index (κ2) is 4.76. The van der Waals surface area contributed by atoms with Crippen LogP contribution in [0, 0.1) is 0 Å². The van der Waals surface area contributed by atoms with E-state index in [2.05, 4.69) is 9.84 Å². The molecular weight excluding hydrogens is 182 g/mol. The molecule has 1 aromatic heterocycles. The van der Waals surface area contributed by atoms with Crippen molar-refractivity contribution in [1.82, 2.24) is 9.78 Å². The third-order valence-corrected chi connectivity index (χ3v) is 2.14. The van der Waals surface area contributed by atoms with E-state index in [1.165, 1.54) is 7.11 Å². The molecule has 0 aliphatic heterocycles. The van der Waals surface area contributed by atoms with E-state index in [9.17, 15) is 4.79 Å². The Bertz CT molecular complexity index is 309. The number of hydrogen-bond acceptors (Lipinski definition) is 4. The molecule has 1 unspecified atom stereocenters. The highest BCUT2D eigenvalue weighted by Crippen LogP contribution is 2.03. The number of rotatable bonds is 4. The number of ether oxygens (including phenoxy) is 1. The van der Waals surface area contributed by atoms with E-state index in [-0.39, 0.29) is 5.97 Å². The Morgan fingerprint density at radius 1 is 1.79 bits per heavy atom. The first-order valence-electron chi connectivity index (χ1n) is 4.45. The van der Waals surface area contributed by atoms with Gasteiger partial charge in [-0.3, -0.25) is 9.48 Å². The van der Waals surface area contributed by atoms with Crippen LogP contribution in [0.2, 0.25) is 0 Å². The second-order valence-electron chi connectivity index (χ2n) is 3.11. The lowest BCUT2D eigenvalue weighted by Gasteiger charge is -2.08. The maximum atomic E-state index is 11.0. The van der Waals surface area contributed by atoms with Gasteiger partial charge in [0.15, 0.2) is 0 Å². The third-order valence-electron chi connectivity index (χ3n) is 2.14. The molecule has 1 rings (SSSR count). The van der Waals surface area contributed by atoms with Gasteiger partial charge in [-0.15, -0.1) is 0 Å². The smallest absolute Gasteiger partial charge is 0.322 e. The van der Waals surface area contributed by atoms with E-state index in [1.807, 2.05) is 13.1 Å². The maximum Gasteiger partial charge on any atom is 0.322 e. The summed E-state index contributed by atoms with van der Waals surface area (Å²) in [6.45, 7) is 0. The minimum Gasteiger partial charge on any atom is -0.468 e. The minimum atomic E-state index is -0.546. The van der Waals surface area contributed by atoms with Gasteiger partial charge in [-0.1, -0.05) is 0 Å². The number of esters is 1. The van der Waals surface area contributed by atoms with Crippen LogP contribution in [0.15, 0.2) is 12.3 Å². The summed E-state index contributed by atoms with van der Waals surface area (Å²) in [7, 11) is 3.20. The van der Waals surface area contributed by atoms with E-state index >= 15 is 0 Å². The molecular formula is C9H15N3O2. The second-order valence-corrected chi connectivity index (χ2v) is 3.11. The molecule has 0 bridgehead atoms. The molecule has 78 valence electrons. The van der Waals surface area contributed by atoms with E-state index in [4.69, 9.17) is 5.73 Å². The zero-order chi connectivity index (χ0) is 10.6. The number of aryl methyl sites for hydroxylation is 2. The first-order valence-corrected chi connectivity index (χ1v) is 4.45. The summed E-state index contributed by atoms with van der Waals surface area (Å²) in [4.78, 5) is 11.0. The number of nitrogens with two attached hydrogens (primary N) is 1. The van der Waals surface area contributed by atoms with Gasteiger partial charge in [-0.2, -0.15) is 5.10 Å². The van der Waals surface area contributed by atoms with Gasteiger partial charge in [0.05, 0.1) is 7.11 Å². The fourth-order valence-corrected chi connectivity index (χ4v) is 1.22. The van der Waals surface area contributed by atoms with Crippen molar-refractivity contribution in [2.75, 3.05) is 7.11 Å². The summed E-state index contributed by atoms with van der Waals surface area (Å²) in [5.41, 5.74) is 6.65. The Morgan fingerprint density at radius 2 is 2.50 bits per heavy atom. The molecule has 0 aromatic carbocycles. The molecule has 0 spiro atoms. The third kappa shape index (κ3) is 2.56. The Labute approximate surface area is 82.8 Å². The summed E-state index contributed by atoms with van der Waals surface area (Å²) in [6, 6.07) is 1.36. The van der Waals surface area contributed by atoms with E-state index in [0.29, 0.717) is 6.42 Å². The van der Waals surface area contributed by atoms with Crippen LogP contribution in [-0.2, 0) is 23.0 Å². The van der Waals surface area contributed by atoms with Crippen molar-refractivity contribution < 1.29 is 9.53 Å². The average Bonchev–Trinajstić information content (AvgIpc) is 2.59. The van der Waals surface area contributed by atoms with Gasteiger partial charge in [0.25, 0.3) is 0 Å². The van der Waals surface area contributed by atoms with Crippen molar-refractivity contribution in [3.8, 4) is 0 Å². The van der Waals surface area contributed by atoms with Crippen LogP contribution in [0.3, 0.4) is 0 Å². The number of aromatic nitrogens is 2. The minimum absolute atomic E-state index is 0.368.